The molecule has 22 heavy (non-hydrogen) atoms. The monoisotopic (exact) mass is 366 g/mol. The van der Waals surface area contributed by atoms with E-state index in [1.807, 2.05) is 13.8 Å². The minimum absolute atomic E-state index is 0.126. The molecule has 0 bridgehead atoms. The van der Waals surface area contributed by atoms with Gasteiger partial charge in [0.2, 0.25) is 10.0 Å². The molecule has 0 saturated heterocycles. The lowest BCUT2D eigenvalue weighted by atomic mass is 10.3. The van der Waals surface area contributed by atoms with Crippen LogP contribution in [0.3, 0.4) is 0 Å². The van der Waals surface area contributed by atoms with Crippen LogP contribution in [0.2, 0.25) is 10.0 Å². The van der Waals surface area contributed by atoms with E-state index in [1.54, 1.807) is 0 Å². The lowest BCUT2D eigenvalue weighted by Gasteiger charge is -2.26. The van der Waals surface area contributed by atoms with Crippen LogP contribution in [0, 0.1) is 0 Å². The van der Waals surface area contributed by atoms with Gasteiger partial charge in [-0.15, -0.1) is 0 Å². The largest absolute Gasteiger partial charge is 0.314 e. The molecule has 0 unspecified atom stereocenters. The van der Waals surface area contributed by atoms with E-state index >= 15 is 0 Å². The highest BCUT2D eigenvalue weighted by atomic mass is 35.5. The van der Waals surface area contributed by atoms with Crippen LogP contribution >= 0.6 is 23.2 Å². The lowest BCUT2D eigenvalue weighted by Crippen LogP contribution is -2.39. The van der Waals surface area contributed by atoms with Crippen molar-refractivity contribution in [2.24, 2.45) is 0 Å². The van der Waals surface area contributed by atoms with Crippen LogP contribution in [0.1, 0.15) is 34.1 Å². The van der Waals surface area contributed by atoms with Gasteiger partial charge in [0.05, 0.1) is 14.9 Å². The molecule has 0 aliphatic rings. The molecule has 0 amide bonds. The third-order valence-electron chi connectivity index (χ3n) is 3.18. The summed E-state index contributed by atoms with van der Waals surface area (Å²) in [6.45, 7) is 9.09. The highest BCUT2D eigenvalue weighted by Crippen LogP contribution is 2.27. The molecule has 0 radical (unpaired) electrons. The zero-order valence-electron chi connectivity index (χ0n) is 13.4. The summed E-state index contributed by atoms with van der Waals surface area (Å²) in [5, 5.41) is 3.88. The van der Waals surface area contributed by atoms with E-state index in [-0.39, 0.29) is 16.0 Å². The van der Waals surface area contributed by atoms with Gasteiger partial charge in [-0.2, -0.15) is 4.31 Å². The Morgan fingerprint density at radius 1 is 1.14 bits per heavy atom. The Morgan fingerprint density at radius 3 is 2.27 bits per heavy atom. The van der Waals surface area contributed by atoms with Crippen LogP contribution in [0.4, 0.5) is 0 Å². The second kappa shape index (κ2) is 8.50. The molecule has 0 spiro atoms. The average molecular weight is 367 g/mol. The Bertz CT molecular complexity index is 589. The summed E-state index contributed by atoms with van der Waals surface area (Å²) in [4.78, 5) is 0.174. The third-order valence-corrected chi connectivity index (χ3v) is 5.99. The van der Waals surface area contributed by atoms with Crippen molar-refractivity contribution in [3.63, 3.8) is 0 Å². The van der Waals surface area contributed by atoms with Gasteiger partial charge in [-0.05, 0) is 45.0 Å². The van der Waals surface area contributed by atoms with Crippen LogP contribution in [0.25, 0.3) is 0 Å². The molecule has 0 aliphatic heterocycles. The van der Waals surface area contributed by atoms with Gasteiger partial charge in [-0.25, -0.2) is 8.42 Å². The summed E-state index contributed by atoms with van der Waals surface area (Å²) in [5.41, 5.74) is 0. The smallest absolute Gasteiger partial charge is 0.243 e. The van der Waals surface area contributed by atoms with E-state index < -0.39 is 10.0 Å². The quantitative estimate of drug-likeness (QED) is 0.712. The molecule has 0 saturated carbocycles. The van der Waals surface area contributed by atoms with Gasteiger partial charge in [0.1, 0.15) is 0 Å². The number of halogens is 2. The molecule has 1 N–H and O–H groups in total. The minimum atomic E-state index is -3.58. The second-order valence-electron chi connectivity index (χ2n) is 5.75. The topological polar surface area (TPSA) is 49.4 Å². The molecular weight excluding hydrogens is 343 g/mol. The number of hydrogen-bond donors (Lipinski definition) is 1. The summed E-state index contributed by atoms with van der Waals surface area (Å²) in [5.74, 6) is 0. The number of hydrogen-bond acceptors (Lipinski definition) is 3. The first kappa shape index (κ1) is 19.7. The summed E-state index contributed by atoms with van der Waals surface area (Å²) >= 11 is 11.8. The molecule has 1 aromatic carbocycles. The molecule has 0 aromatic heterocycles. The summed E-state index contributed by atoms with van der Waals surface area (Å²) in [6.07, 6.45) is 0.747. The Labute approximate surface area is 143 Å². The number of sulfonamides is 1. The maximum Gasteiger partial charge on any atom is 0.243 e. The second-order valence-corrected chi connectivity index (χ2v) is 8.45. The first-order chi connectivity index (χ1) is 10.2. The predicted octanol–water partition coefficient (Wildman–Crippen LogP) is 3.78. The van der Waals surface area contributed by atoms with E-state index in [9.17, 15) is 8.42 Å². The Hall–Kier alpha value is -0.330. The Kier molecular flexibility index (Phi) is 7.62. The maximum absolute atomic E-state index is 12.8. The summed E-state index contributed by atoms with van der Waals surface area (Å²) < 4.78 is 27.0. The van der Waals surface area contributed by atoms with E-state index in [4.69, 9.17) is 23.2 Å². The first-order valence-corrected chi connectivity index (χ1v) is 9.56. The molecule has 1 rings (SSSR count). The third kappa shape index (κ3) is 5.39. The minimum Gasteiger partial charge on any atom is -0.314 e. The van der Waals surface area contributed by atoms with Crippen LogP contribution in [0.15, 0.2) is 23.1 Å². The molecule has 1 aromatic rings. The molecule has 0 heterocycles. The zero-order chi connectivity index (χ0) is 16.9. The van der Waals surface area contributed by atoms with E-state index in [2.05, 4.69) is 19.2 Å². The average Bonchev–Trinajstić information content (AvgIpc) is 2.40. The van der Waals surface area contributed by atoms with E-state index in [0.717, 1.165) is 13.0 Å². The molecular formula is C15H24Cl2N2O2S. The van der Waals surface area contributed by atoms with Gasteiger partial charge < -0.3 is 5.32 Å². The van der Waals surface area contributed by atoms with Gasteiger partial charge in [-0.1, -0.05) is 37.0 Å². The van der Waals surface area contributed by atoms with Crippen molar-refractivity contribution in [3.05, 3.63) is 28.2 Å². The predicted molar refractivity (Wildman–Crippen MR) is 93.2 cm³/mol. The van der Waals surface area contributed by atoms with Crippen molar-refractivity contribution >= 4 is 33.2 Å². The van der Waals surface area contributed by atoms with Crippen molar-refractivity contribution in [2.75, 3.05) is 13.1 Å². The van der Waals surface area contributed by atoms with Gasteiger partial charge in [0.25, 0.3) is 0 Å². The lowest BCUT2D eigenvalue weighted by molar-refractivity contribution is 0.345. The van der Waals surface area contributed by atoms with Crippen molar-refractivity contribution in [1.82, 2.24) is 9.62 Å². The molecule has 126 valence electrons. The fraction of sp³-hybridized carbons (Fsp3) is 0.600. The van der Waals surface area contributed by atoms with Gasteiger partial charge in [-0.3, -0.25) is 0 Å². The fourth-order valence-corrected chi connectivity index (χ4v) is 4.12. The summed E-state index contributed by atoms with van der Waals surface area (Å²) in [7, 11) is -3.58. The Morgan fingerprint density at radius 2 is 1.77 bits per heavy atom. The zero-order valence-corrected chi connectivity index (χ0v) is 15.8. The molecule has 0 atom stereocenters. The molecule has 0 fully saturated rings. The van der Waals surface area contributed by atoms with Crippen LogP contribution in [0.5, 0.6) is 0 Å². The number of nitrogens with zero attached hydrogens (tertiary/aromatic N) is 1. The van der Waals surface area contributed by atoms with Gasteiger partial charge in [0.15, 0.2) is 0 Å². The van der Waals surface area contributed by atoms with Gasteiger partial charge >= 0.3 is 0 Å². The first-order valence-electron chi connectivity index (χ1n) is 7.36. The van der Waals surface area contributed by atoms with E-state index in [0.29, 0.717) is 17.6 Å². The van der Waals surface area contributed by atoms with Crippen molar-refractivity contribution in [1.29, 1.82) is 0 Å². The highest BCUT2D eigenvalue weighted by Gasteiger charge is 2.27. The molecule has 4 nitrogen and oxygen atoms in total. The van der Waals surface area contributed by atoms with Gasteiger partial charge in [0, 0.05) is 18.6 Å². The summed E-state index contributed by atoms with van der Waals surface area (Å²) in [6, 6.07) is 4.67. The van der Waals surface area contributed by atoms with Crippen LogP contribution in [-0.4, -0.2) is 37.9 Å². The molecule has 0 aliphatic carbocycles. The van der Waals surface area contributed by atoms with Crippen molar-refractivity contribution in [2.45, 2.75) is 51.1 Å². The number of rotatable bonds is 8. The van der Waals surface area contributed by atoms with Crippen molar-refractivity contribution < 1.29 is 8.42 Å². The van der Waals surface area contributed by atoms with E-state index in [1.165, 1.54) is 22.5 Å². The maximum atomic E-state index is 12.8. The van der Waals surface area contributed by atoms with Crippen LogP contribution in [-0.2, 0) is 10.0 Å². The molecule has 7 heteroatoms. The van der Waals surface area contributed by atoms with Crippen LogP contribution < -0.4 is 5.32 Å². The Balaban J connectivity index is 2.90. The SMILES string of the molecule is CC(C)NCCCN(C(C)C)S(=O)(=O)c1ccc(Cl)c(Cl)c1. The number of nitrogens with one attached hydrogen (secondary N) is 1. The fourth-order valence-electron chi connectivity index (χ4n) is 2.05. The number of benzene rings is 1. The standard InChI is InChI=1S/C15H24Cl2N2O2S/c1-11(2)18-8-5-9-19(12(3)4)22(20,21)13-6-7-14(16)15(17)10-13/h6-7,10-12,18H,5,8-9H2,1-4H3. The van der Waals surface area contributed by atoms with Crippen molar-refractivity contribution in [3.8, 4) is 0 Å². The highest BCUT2D eigenvalue weighted by molar-refractivity contribution is 7.89. The normalized spacial score (nSPS) is 12.6.